The largest absolute Gasteiger partial charge is 0.339 e. The summed E-state index contributed by atoms with van der Waals surface area (Å²) in [5, 5.41) is 4.81. The van der Waals surface area contributed by atoms with E-state index in [1.807, 2.05) is 31.2 Å². The predicted molar refractivity (Wildman–Crippen MR) is 109 cm³/mol. The minimum absolute atomic E-state index is 0.0294. The van der Waals surface area contributed by atoms with Crippen molar-refractivity contribution in [2.75, 3.05) is 7.05 Å². The number of aryl methyl sites for hydroxylation is 1. The molecule has 8 heteroatoms. The molecule has 29 heavy (non-hydrogen) atoms. The number of benzene rings is 2. The Morgan fingerprint density at radius 1 is 1.17 bits per heavy atom. The van der Waals surface area contributed by atoms with Crippen LogP contribution in [0, 0.1) is 5.82 Å². The molecule has 2 heterocycles. The summed E-state index contributed by atoms with van der Waals surface area (Å²) in [5.41, 5.74) is 1.61. The monoisotopic (exact) mass is 410 g/mol. The molecule has 2 aromatic carbocycles. The molecule has 0 aliphatic rings. The number of carbonyl (C=O) groups is 1. The summed E-state index contributed by atoms with van der Waals surface area (Å²) >= 11 is 1.59. The van der Waals surface area contributed by atoms with Gasteiger partial charge in [-0.15, -0.1) is 11.3 Å². The van der Waals surface area contributed by atoms with E-state index in [4.69, 9.17) is 4.52 Å². The average molecular weight is 410 g/mol. The zero-order valence-corrected chi connectivity index (χ0v) is 16.8. The van der Waals surface area contributed by atoms with Gasteiger partial charge in [0.1, 0.15) is 10.8 Å². The molecule has 4 rings (SSSR count). The van der Waals surface area contributed by atoms with Gasteiger partial charge in [-0.3, -0.25) is 4.79 Å². The number of nitrogens with zero attached hydrogens (tertiary/aromatic N) is 4. The van der Waals surface area contributed by atoms with Crippen LogP contribution in [0.15, 0.2) is 53.1 Å². The number of carbonyl (C=O) groups excluding carboxylic acids is 1. The van der Waals surface area contributed by atoms with Gasteiger partial charge in [0.15, 0.2) is 0 Å². The first kappa shape index (κ1) is 19.2. The quantitative estimate of drug-likeness (QED) is 0.463. The molecular weight excluding hydrogens is 391 g/mol. The van der Waals surface area contributed by atoms with Crippen LogP contribution in [-0.4, -0.2) is 33.0 Å². The van der Waals surface area contributed by atoms with Gasteiger partial charge in [0.25, 0.3) is 0 Å². The molecule has 0 saturated heterocycles. The second-order valence-electron chi connectivity index (χ2n) is 6.72. The first-order valence-electron chi connectivity index (χ1n) is 9.21. The van der Waals surface area contributed by atoms with Gasteiger partial charge in [-0.1, -0.05) is 17.3 Å². The van der Waals surface area contributed by atoms with Crippen molar-refractivity contribution in [1.29, 1.82) is 0 Å². The second kappa shape index (κ2) is 8.08. The predicted octanol–water partition coefficient (Wildman–Crippen LogP) is 4.64. The second-order valence-corrected chi connectivity index (χ2v) is 7.78. The molecule has 2 aromatic heterocycles. The molecule has 0 bridgehead atoms. The van der Waals surface area contributed by atoms with Crippen LogP contribution in [0.5, 0.6) is 0 Å². The fourth-order valence-electron chi connectivity index (χ4n) is 2.91. The zero-order valence-electron chi connectivity index (χ0n) is 16.0. The maximum Gasteiger partial charge on any atom is 0.227 e. The number of rotatable bonds is 6. The minimum atomic E-state index is -0.326. The fourth-order valence-corrected chi connectivity index (χ4v) is 3.98. The third-order valence-electron chi connectivity index (χ3n) is 4.77. The van der Waals surface area contributed by atoms with Crippen molar-refractivity contribution < 1.29 is 13.7 Å². The van der Waals surface area contributed by atoms with Crippen molar-refractivity contribution in [2.24, 2.45) is 0 Å². The molecule has 6 nitrogen and oxygen atoms in total. The lowest BCUT2D eigenvalue weighted by molar-refractivity contribution is -0.131. The molecule has 0 fully saturated rings. The van der Waals surface area contributed by atoms with Gasteiger partial charge in [0.2, 0.25) is 17.6 Å². The van der Waals surface area contributed by atoms with Crippen LogP contribution in [0.3, 0.4) is 0 Å². The van der Waals surface area contributed by atoms with Crippen LogP contribution < -0.4 is 0 Å². The Balaban J connectivity index is 1.38. The van der Waals surface area contributed by atoms with Crippen molar-refractivity contribution in [3.63, 3.8) is 0 Å². The summed E-state index contributed by atoms with van der Waals surface area (Å²) in [5.74, 6) is 0.397. The first-order chi connectivity index (χ1) is 14.0. The number of fused-ring (bicyclic) bond motifs is 1. The smallest absolute Gasteiger partial charge is 0.227 e. The SMILES string of the molecule is C[C@H](c1nc2ccccc2s1)N(C)C(=O)CCc1nc(-c2ccc(F)cc2)no1. The number of hydrogen-bond donors (Lipinski definition) is 0. The molecule has 0 aliphatic heterocycles. The summed E-state index contributed by atoms with van der Waals surface area (Å²) in [6.07, 6.45) is 0.584. The van der Waals surface area contributed by atoms with Crippen LogP contribution in [0.4, 0.5) is 4.39 Å². The van der Waals surface area contributed by atoms with Gasteiger partial charge in [0.05, 0.1) is 16.3 Å². The molecule has 0 aliphatic carbocycles. The Hall–Kier alpha value is -3.13. The Labute approximate surface area is 171 Å². The number of hydrogen-bond acceptors (Lipinski definition) is 6. The van der Waals surface area contributed by atoms with Crippen molar-refractivity contribution in [2.45, 2.75) is 25.8 Å². The van der Waals surface area contributed by atoms with Gasteiger partial charge in [-0.25, -0.2) is 9.37 Å². The van der Waals surface area contributed by atoms with E-state index in [2.05, 4.69) is 15.1 Å². The third kappa shape index (κ3) is 4.17. The standard InChI is InChI=1S/C21H19FN4O2S/c1-13(21-23-16-5-3-4-6-17(16)29-21)26(2)19(27)12-11-18-24-20(25-28-18)14-7-9-15(22)10-8-14/h3-10,13H,11-12H2,1-2H3/t13-/m1/s1. The summed E-state index contributed by atoms with van der Waals surface area (Å²) < 4.78 is 19.4. The molecular formula is C21H19FN4O2S. The number of thiazole rings is 1. The maximum atomic E-state index is 13.0. The maximum absolute atomic E-state index is 13.0. The number of aromatic nitrogens is 3. The van der Waals surface area contributed by atoms with Gasteiger partial charge in [0, 0.05) is 25.5 Å². The van der Waals surface area contributed by atoms with E-state index in [9.17, 15) is 9.18 Å². The normalized spacial score (nSPS) is 12.2. The molecule has 0 N–H and O–H groups in total. The van der Waals surface area contributed by atoms with Gasteiger partial charge < -0.3 is 9.42 Å². The van der Waals surface area contributed by atoms with E-state index in [1.165, 1.54) is 12.1 Å². The van der Waals surface area contributed by atoms with Crippen LogP contribution in [0.1, 0.15) is 30.3 Å². The highest BCUT2D eigenvalue weighted by Gasteiger charge is 2.21. The third-order valence-corrected chi connectivity index (χ3v) is 5.97. The molecule has 0 saturated carbocycles. The van der Waals surface area contributed by atoms with Gasteiger partial charge in [-0.05, 0) is 43.3 Å². The lowest BCUT2D eigenvalue weighted by atomic mass is 10.2. The van der Waals surface area contributed by atoms with Crippen molar-refractivity contribution in [3.8, 4) is 11.4 Å². The summed E-state index contributed by atoms with van der Waals surface area (Å²) in [6, 6.07) is 13.7. The highest BCUT2D eigenvalue weighted by atomic mass is 32.1. The molecule has 0 spiro atoms. The first-order valence-corrected chi connectivity index (χ1v) is 10.0. The zero-order chi connectivity index (χ0) is 20.4. The van der Waals surface area contributed by atoms with Crippen molar-refractivity contribution in [3.05, 3.63) is 65.2 Å². The summed E-state index contributed by atoms with van der Waals surface area (Å²) in [7, 11) is 1.77. The van der Waals surface area contributed by atoms with E-state index in [0.29, 0.717) is 23.7 Å². The summed E-state index contributed by atoms with van der Waals surface area (Å²) in [4.78, 5) is 23.2. The van der Waals surface area contributed by atoms with Crippen LogP contribution in [-0.2, 0) is 11.2 Å². The summed E-state index contributed by atoms with van der Waals surface area (Å²) in [6.45, 7) is 1.97. The van der Waals surface area contributed by atoms with Crippen LogP contribution >= 0.6 is 11.3 Å². The minimum Gasteiger partial charge on any atom is -0.339 e. The molecule has 1 amide bonds. The topological polar surface area (TPSA) is 72.1 Å². The fraction of sp³-hybridized carbons (Fsp3) is 0.238. The van der Waals surface area contributed by atoms with Crippen molar-refractivity contribution >= 4 is 27.5 Å². The lowest BCUT2D eigenvalue weighted by Gasteiger charge is -2.23. The molecule has 0 radical (unpaired) electrons. The van der Waals surface area contributed by atoms with E-state index in [1.54, 1.807) is 35.4 Å². The van der Waals surface area contributed by atoms with Crippen molar-refractivity contribution in [1.82, 2.24) is 20.0 Å². The Bertz CT molecular complexity index is 1110. The van der Waals surface area contributed by atoms with E-state index in [-0.39, 0.29) is 24.2 Å². The van der Waals surface area contributed by atoms with E-state index >= 15 is 0 Å². The van der Waals surface area contributed by atoms with Crippen LogP contribution in [0.2, 0.25) is 0 Å². The van der Waals surface area contributed by atoms with Gasteiger partial charge in [-0.2, -0.15) is 4.98 Å². The Morgan fingerprint density at radius 3 is 2.69 bits per heavy atom. The number of halogens is 1. The van der Waals surface area contributed by atoms with Gasteiger partial charge >= 0.3 is 0 Å². The molecule has 148 valence electrons. The molecule has 1 atom stereocenters. The van der Waals surface area contributed by atoms with E-state index in [0.717, 1.165) is 15.2 Å². The van der Waals surface area contributed by atoms with Crippen LogP contribution in [0.25, 0.3) is 21.6 Å². The molecule has 0 unspecified atom stereocenters. The molecule has 4 aromatic rings. The number of amides is 1. The average Bonchev–Trinajstić information content (AvgIpc) is 3.38. The number of para-hydroxylation sites is 1. The highest BCUT2D eigenvalue weighted by Crippen LogP contribution is 2.29. The Kier molecular flexibility index (Phi) is 5.35. The lowest BCUT2D eigenvalue weighted by Crippen LogP contribution is -2.29. The highest BCUT2D eigenvalue weighted by molar-refractivity contribution is 7.18. The Morgan fingerprint density at radius 2 is 1.93 bits per heavy atom. The van der Waals surface area contributed by atoms with E-state index < -0.39 is 0 Å².